The topological polar surface area (TPSA) is 12.0 Å². The van der Waals surface area contributed by atoms with Gasteiger partial charge in [0.25, 0.3) is 0 Å². The third-order valence-electron chi connectivity index (χ3n) is 3.75. The Kier molecular flexibility index (Phi) is 4.93. The van der Waals surface area contributed by atoms with Gasteiger partial charge in [-0.1, -0.05) is 37.6 Å². The lowest BCUT2D eigenvalue weighted by Crippen LogP contribution is -2.33. The Morgan fingerprint density at radius 3 is 2.53 bits per heavy atom. The average Bonchev–Trinajstić information content (AvgIpc) is 2.84. The van der Waals surface area contributed by atoms with Crippen LogP contribution < -0.4 is 5.32 Å². The second-order valence-electron chi connectivity index (χ2n) is 4.86. The van der Waals surface area contributed by atoms with E-state index in [-0.39, 0.29) is 0 Å². The van der Waals surface area contributed by atoms with Crippen LogP contribution in [0.2, 0.25) is 0 Å². The fourth-order valence-corrected chi connectivity index (χ4v) is 3.55. The maximum absolute atomic E-state index is 3.72. The van der Waals surface area contributed by atoms with Gasteiger partial charge in [0.15, 0.2) is 0 Å². The molecule has 0 bridgehead atoms. The Morgan fingerprint density at radius 1 is 1.18 bits per heavy atom. The van der Waals surface area contributed by atoms with E-state index < -0.39 is 0 Å². The van der Waals surface area contributed by atoms with Crippen LogP contribution in [0.5, 0.6) is 0 Å². The molecule has 1 fully saturated rings. The number of thioether (sulfide) groups is 1. The molecule has 94 valence electrons. The number of hydrogen-bond donors (Lipinski definition) is 1. The van der Waals surface area contributed by atoms with Crippen LogP contribution in [0.4, 0.5) is 0 Å². The van der Waals surface area contributed by atoms with E-state index in [1.54, 1.807) is 0 Å². The van der Waals surface area contributed by atoms with Gasteiger partial charge in [-0.25, -0.2) is 0 Å². The minimum atomic E-state index is 0.718. The van der Waals surface area contributed by atoms with Crippen molar-refractivity contribution in [3.05, 3.63) is 35.4 Å². The van der Waals surface area contributed by atoms with Gasteiger partial charge in [-0.3, -0.25) is 0 Å². The number of hydrogen-bond acceptors (Lipinski definition) is 2. The molecule has 0 spiro atoms. The van der Waals surface area contributed by atoms with Crippen molar-refractivity contribution in [2.75, 3.05) is 6.26 Å². The maximum atomic E-state index is 3.72. The molecule has 0 heterocycles. The summed E-state index contributed by atoms with van der Waals surface area (Å²) in [6, 6.07) is 9.73. The maximum Gasteiger partial charge on any atom is 0.0208 e. The first kappa shape index (κ1) is 13.0. The first-order chi connectivity index (χ1) is 8.33. The smallest absolute Gasteiger partial charge is 0.0208 e. The quantitative estimate of drug-likeness (QED) is 0.855. The van der Waals surface area contributed by atoms with E-state index in [9.17, 15) is 0 Å². The zero-order valence-corrected chi connectivity index (χ0v) is 11.7. The monoisotopic (exact) mass is 249 g/mol. The summed E-state index contributed by atoms with van der Waals surface area (Å²) in [6.45, 7) is 3.22. The van der Waals surface area contributed by atoms with Gasteiger partial charge in [0.2, 0.25) is 0 Å². The van der Waals surface area contributed by atoms with Crippen LogP contribution in [0.15, 0.2) is 24.3 Å². The van der Waals surface area contributed by atoms with Crippen LogP contribution in [-0.2, 0) is 13.0 Å². The van der Waals surface area contributed by atoms with E-state index in [0.717, 1.165) is 24.3 Å². The summed E-state index contributed by atoms with van der Waals surface area (Å²) in [5.41, 5.74) is 2.84. The third kappa shape index (κ3) is 3.49. The van der Waals surface area contributed by atoms with Crippen LogP contribution in [0.25, 0.3) is 0 Å². The predicted octanol–water partition coefficient (Wildman–Crippen LogP) is 3.62. The van der Waals surface area contributed by atoms with Gasteiger partial charge in [-0.15, -0.1) is 0 Å². The molecule has 2 unspecified atom stereocenters. The lowest BCUT2D eigenvalue weighted by Gasteiger charge is -2.19. The van der Waals surface area contributed by atoms with E-state index in [4.69, 9.17) is 0 Å². The molecule has 1 aliphatic carbocycles. The van der Waals surface area contributed by atoms with E-state index in [2.05, 4.69) is 42.8 Å². The molecule has 1 aromatic rings. The Balaban J connectivity index is 1.84. The first-order valence-corrected chi connectivity index (χ1v) is 7.96. The summed E-state index contributed by atoms with van der Waals surface area (Å²) >= 11 is 2.02. The van der Waals surface area contributed by atoms with Gasteiger partial charge >= 0.3 is 0 Å². The molecule has 1 aromatic carbocycles. The van der Waals surface area contributed by atoms with Gasteiger partial charge in [-0.2, -0.15) is 11.8 Å². The fraction of sp³-hybridized carbons (Fsp3) is 0.600. The van der Waals surface area contributed by atoms with Crippen molar-refractivity contribution < 1.29 is 0 Å². The molecule has 0 amide bonds. The van der Waals surface area contributed by atoms with Crippen LogP contribution in [0, 0.1) is 0 Å². The molecule has 2 heteroatoms. The molecule has 1 N–H and O–H groups in total. The summed E-state index contributed by atoms with van der Waals surface area (Å²) < 4.78 is 0. The van der Waals surface area contributed by atoms with Crippen LogP contribution in [0.1, 0.15) is 37.3 Å². The molecular weight excluding hydrogens is 226 g/mol. The summed E-state index contributed by atoms with van der Waals surface area (Å²) in [5, 5.41) is 4.54. The Morgan fingerprint density at radius 2 is 1.88 bits per heavy atom. The first-order valence-electron chi connectivity index (χ1n) is 6.67. The molecule has 2 atom stereocenters. The number of nitrogens with one attached hydrogen (secondary N) is 1. The molecule has 17 heavy (non-hydrogen) atoms. The zero-order chi connectivity index (χ0) is 12.1. The highest BCUT2D eigenvalue weighted by Crippen LogP contribution is 2.28. The largest absolute Gasteiger partial charge is 0.309 e. The predicted molar refractivity (Wildman–Crippen MR) is 77.6 cm³/mol. The lowest BCUT2D eigenvalue weighted by molar-refractivity contribution is 0.532. The van der Waals surface area contributed by atoms with E-state index in [0.29, 0.717) is 0 Å². The molecular formula is C15H23NS. The fourth-order valence-electron chi connectivity index (χ4n) is 2.58. The van der Waals surface area contributed by atoms with Crippen molar-refractivity contribution in [2.45, 2.75) is 50.4 Å². The third-order valence-corrected chi connectivity index (χ3v) is 4.92. The highest BCUT2D eigenvalue weighted by atomic mass is 32.2. The summed E-state index contributed by atoms with van der Waals surface area (Å²) in [4.78, 5) is 0. The lowest BCUT2D eigenvalue weighted by atomic mass is 10.1. The second-order valence-corrected chi connectivity index (χ2v) is 5.94. The Labute approximate surface area is 109 Å². The highest BCUT2D eigenvalue weighted by Gasteiger charge is 2.25. The van der Waals surface area contributed by atoms with Gasteiger partial charge in [0.1, 0.15) is 0 Å². The normalized spacial score (nSPS) is 24.1. The minimum absolute atomic E-state index is 0.718. The number of aryl methyl sites for hydroxylation is 1. The van der Waals surface area contributed by atoms with Gasteiger partial charge in [0, 0.05) is 17.8 Å². The molecule has 0 saturated heterocycles. The van der Waals surface area contributed by atoms with Crippen molar-refractivity contribution in [1.82, 2.24) is 5.32 Å². The van der Waals surface area contributed by atoms with Gasteiger partial charge in [0.05, 0.1) is 0 Å². The van der Waals surface area contributed by atoms with E-state index in [1.807, 2.05) is 11.8 Å². The van der Waals surface area contributed by atoms with Crippen LogP contribution >= 0.6 is 11.8 Å². The SMILES string of the molecule is CCc1ccc(CNC2CCCC2SC)cc1. The standard InChI is InChI=1S/C15H23NS/c1-3-12-7-9-13(10-8-12)11-16-14-5-4-6-15(14)17-2/h7-10,14-16H,3-6,11H2,1-2H3. The molecule has 0 aromatic heterocycles. The van der Waals surface area contributed by atoms with Crippen molar-refractivity contribution in [3.8, 4) is 0 Å². The van der Waals surface area contributed by atoms with Gasteiger partial charge < -0.3 is 5.32 Å². The van der Waals surface area contributed by atoms with Crippen molar-refractivity contribution in [2.24, 2.45) is 0 Å². The zero-order valence-electron chi connectivity index (χ0n) is 10.9. The molecule has 1 saturated carbocycles. The van der Waals surface area contributed by atoms with Crippen molar-refractivity contribution in [3.63, 3.8) is 0 Å². The average molecular weight is 249 g/mol. The number of rotatable bonds is 5. The summed E-state index contributed by atoms with van der Waals surface area (Å²) in [5.74, 6) is 0. The molecule has 2 rings (SSSR count). The van der Waals surface area contributed by atoms with Crippen molar-refractivity contribution >= 4 is 11.8 Å². The summed E-state index contributed by atoms with van der Waals surface area (Å²) in [6.07, 6.45) is 7.48. The summed E-state index contributed by atoms with van der Waals surface area (Å²) in [7, 11) is 0. The van der Waals surface area contributed by atoms with Crippen LogP contribution in [-0.4, -0.2) is 17.5 Å². The Bertz CT molecular complexity index is 333. The molecule has 1 nitrogen and oxygen atoms in total. The molecule has 0 radical (unpaired) electrons. The highest BCUT2D eigenvalue weighted by molar-refractivity contribution is 7.99. The second kappa shape index (κ2) is 6.46. The molecule has 1 aliphatic rings. The van der Waals surface area contributed by atoms with E-state index in [1.165, 1.54) is 30.4 Å². The Hall–Kier alpha value is -0.470. The molecule has 0 aliphatic heterocycles. The van der Waals surface area contributed by atoms with Crippen molar-refractivity contribution in [1.29, 1.82) is 0 Å². The van der Waals surface area contributed by atoms with Gasteiger partial charge in [-0.05, 0) is 36.6 Å². The van der Waals surface area contributed by atoms with E-state index >= 15 is 0 Å². The van der Waals surface area contributed by atoms with Crippen LogP contribution in [0.3, 0.4) is 0 Å². The number of benzene rings is 1. The minimum Gasteiger partial charge on any atom is -0.309 e.